The molecule has 2 aliphatic carbocycles. The van der Waals surface area contributed by atoms with Crippen molar-refractivity contribution in [2.45, 2.75) is 64.0 Å². The Morgan fingerprint density at radius 2 is 2.07 bits per heavy atom. The van der Waals surface area contributed by atoms with Crippen LogP contribution >= 0.6 is 0 Å². The van der Waals surface area contributed by atoms with Gasteiger partial charge in [0.15, 0.2) is 0 Å². The van der Waals surface area contributed by atoms with E-state index in [1.54, 1.807) is 0 Å². The lowest BCUT2D eigenvalue weighted by Gasteiger charge is -2.47. The van der Waals surface area contributed by atoms with Gasteiger partial charge in [-0.3, -0.25) is 4.79 Å². The van der Waals surface area contributed by atoms with Gasteiger partial charge in [-0.05, 0) is 50.5 Å². The minimum Gasteiger partial charge on any atom is -0.391 e. The first-order valence-corrected chi connectivity index (χ1v) is 12.0. The quantitative estimate of drug-likeness (QED) is 0.605. The zero-order valence-electron chi connectivity index (χ0n) is 17.5. The van der Waals surface area contributed by atoms with Crippen molar-refractivity contribution in [2.75, 3.05) is 33.3 Å². The number of ether oxygens (including phenoxy) is 1. The maximum atomic E-state index is 15.5. The number of halogens is 1. The van der Waals surface area contributed by atoms with E-state index in [9.17, 15) is 18.3 Å². The summed E-state index contributed by atoms with van der Waals surface area (Å²) < 4.78 is 48.4. The standard InChI is InChI=1S/C19H34FN3O5S/c1-12(2)10-22(3)6-7-28-14-5-4-13-8-16(24)19(18(20)15(13)9-14)23-11-17(25)21-29(23,26)27/h12-16,18-19,24H,4-11H2,1-3H3,(H,21,25). The Morgan fingerprint density at radius 3 is 2.69 bits per heavy atom. The van der Waals surface area contributed by atoms with Crippen molar-refractivity contribution in [3.8, 4) is 0 Å². The topological polar surface area (TPSA) is 99.2 Å². The number of carbonyl (C=O) groups excluding carboxylic acids is 1. The van der Waals surface area contributed by atoms with Crippen molar-refractivity contribution >= 4 is 16.1 Å². The number of aliphatic hydroxyl groups is 1. The van der Waals surface area contributed by atoms with E-state index in [-0.39, 0.29) is 17.9 Å². The predicted octanol–water partition coefficient (Wildman–Crippen LogP) is 0.524. The Bertz CT molecular complexity index is 691. The van der Waals surface area contributed by atoms with Crippen molar-refractivity contribution in [3.63, 3.8) is 0 Å². The highest BCUT2D eigenvalue weighted by Gasteiger charge is 2.53. The van der Waals surface area contributed by atoms with Gasteiger partial charge in [-0.15, -0.1) is 0 Å². The van der Waals surface area contributed by atoms with E-state index in [0.29, 0.717) is 25.4 Å². The number of nitrogens with one attached hydrogen (secondary N) is 1. The number of likely N-dealkylation sites (N-methyl/N-ethyl adjacent to an activating group) is 1. The van der Waals surface area contributed by atoms with Gasteiger partial charge in [0.1, 0.15) is 6.17 Å². The number of alkyl halides is 1. The molecule has 10 heteroatoms. The molecule has 2 saturated carbocycles. The van der Waals surface area contributed by atoms with E-state index < -0.39 is 41.0 Å². The molecular weight excluding hydrogens is 401 g/mol. The first-order chi connectivity index (χ1) is 13.6. The molecule has 1 saturated heterocycles. The fraction of sp³-hybridized carbons (Fsp3) is 0.947. The summed E-state index contributed by atoms with van der Waals surface area (Å²) in [5.74, 6) is -0.478. The van der Waals surface area contributed by atoms with Crippen LogP contribution in [0.3, 0.4) is 0 Å². The van der Waals surface area contributed by atoms with Gasteiger partial charge in [0, 0.05) is 13.1 Å². The third-order valence-electron chi connectivity index (χ3n) is 6.36. The summed E-state index contributed by atoms with van der Waals surface area (Å²) in [5, 5.41) is 10.5. The molecule has 29 heavy (non-hydrogen) atoms. The molecule has 0 bridgehead atoms. The fourth-order valence-electron chi connectivity index (χ4n) is 5.14. The maximum Gasteiger partial charge on any atom is 0.304 e. The van der Waals surface area contributed by atoms with Crippen LogP contribution in [0.1, 0.15) is 39.5 Å². The average Bonchev–Trinajstić information content (AvgIpc) is 2.87. The van der Waals surface area contributed by atoms with Crippen molar-refractivity contribution in [3.05, 3.63) is 0 Å². The number of fused-ring (bicyclic) bond motifs is 1. The molecule has 1 amide bonds. The molecule has 0 aromatic rings. The first-order valence-electron chi connectivity index (χ1n) is 10.5. The minimum atomic E-state index is -4.09. The molecule has 3 rings (SSSR count). The van der Waals surface area contributed by atoms with Crippen molar-refractivity contribution in [1.82, 2.24) is 13.9 Å². The Labute approximate surface area is 172 Å². The van der Waals surface area contributed by atoms with Gasteiger partial charge in [-0.1, -0.05) is 13.8 Å². The summed E-state index contributed by atoms with van der Waals surface area (Å²) in [5.41, 5.74) is 0. The summed E-state index contributed by atoms with van der Waals surface area (Å²) >= 11 is 0. The summed E-state index contributed by atoms with van der Waals surface area (Å²) in [7, 11) is -2.04. The Balaban J connectivity index is 1.59. The molecule has 0 radical (unpaired) electrons. The van der Waals surface area contributed by atoms with Crippen LogP contribution in [-0.2, 0) is 19.7 Å². The van der Waals surface area contributed by atoms with Gasteiger partial charge in [0.25, 0.3) is 0 Å². The van der Waals surface area contributed by atoms with Crippen molar-refractivity contribution in [1.29, 1.82) is 0 Å². The summed E-state index contributed by atoms with van der Waals surface area (Å²) in [4.78, 5) is 13.8. The molecule has 6 atom stereocenters. The van der Waals surface area contributed by atoms with Crippen LogP contribution in [-0.4, -0.2) is 86.3 Å². The van der Waals surface area contributed by atoms with E-state index >= 15 is 4.39 Å². The minimum absolute atomic E-state index is 0.00804. The highest BCUT2D eigenvalue weighted by Crippen LogP contribution is 2.45. The number of amides is 1. The number of carbonyl (C=O) groups is 1. The van der Waals surface area contributed by atoms with Crippen LogP contribution in [0.4, 0.5) is 4.39 Å². The summed E-state index contributed by atoms with van der Waals surface area (Å²) in [6.07, 6.45) is -0.269. The van der Waals surface area contributed by atoms with E-state index in [0.717, 1.165) is 30.2 Å². The third-order valence-corrected chi connectivity index (χ3v) is 7.84. The van der Waals surface area contributed by atoms with Gasteiger partial charge in [0.2, 0.25) is 5.91 Å². The SMILES string of the molecule is CC(C)CN(C)CCOC1CCC2CC(O)C(N3CC(=O)NS3(=O)=O)C(F)C2C1. The lowest BCUT2D eigenvalue weighted by molar-refractivity contribution is -0.120. The van der Waals surface area contributed by atoms with Gasteiger partial charge >= 0.3 is 10.2 Å². The van der Waals surface area contributed by atoms with Crippen LogP contribution < -0.4 is 4.72 Å². The van der Waals surface area contributed by atoms with E-state index in [4.69, 9.17) is 4.74 Å². The molecule has 3 fully saturated rings. The van der Waals surface area contributed by atoms with Gasteiger partial charge in [0.05, 0.1) is 31.4 Å². The second kappa shape index (κ2) is 9.13. The number of aliphatic hydroxyl groups excluding tert-OH is 1. The van der Waals surface area contributed by atoms with Crippen molar-refractivity contribution in [2.24, 2.45) is 17.8 Å². The predicted molar refractivity (Wildman–Crippen MR) is 106 cm³/mol. The number of hydrogen-bond donors (Lipinski definition) is 2. The molecule has 0 aromatic heterocycles. The Hall–Kier alpha value is -0.810. The number of hydrogen-bond acceptors (Lipinski definition) is 6. The normalized spacial score (nSPS) is 37.7. The first kappa shape index (κ1) is 22.9. The smallest absolute Gasteiger partial charge is 0.304 e. The molecule has 168 valence electrons. The van der Waals surface area contributed by atoms with Gasteiger partial charge < -0.3 is 14.7 Å². The molecule has 6 unspecified atom stereocenters. The van der Waals surface area contributed by atoms with Crippen molar-refractivity contribution < 1.29 is 27.4 Å². The van der Waals surface area contributed by atoms with E-state index in [1.807, 2.05) is 4.72 Å². The van der Waals surface area contributed by atoms with Crippen LogP contribution in [0.25, 0.3) is 0 Å². The molecule has 3 aliphatic rings. The zero-order valence-corrected chi connectivity index (χ0v) is 18.3. The summed E-state index contributed by atoms with van der Waals surface area (Å²) in [6, 6.07) is -1.23. The molecule has 0 aromatic carbocycles. The Morgan fingerprint density at radius 1 is 1.34 bits per heavy atom. The van der Waals surface area contributed by atoms with E-state index in [2.05, 4.69) is 25.8 Å². The second-order valence-electron chi connectivity index (χ2n) is 9.20. The molecule has 1 heterocycles. The van der Waals surface area contributed by atoms with E-state index in [1.165, 1.54) is 0 Å². The van der Waals surface area contributed by atoms with Crippen LogP contribution in [0, 0.1) is 17.8 Å². The average molecular weight is 436 g/mol. The maximum absolute atomic E-state index is 15.5. The highest BCUT2D eigenvalue weighted by molar-refractivity contribution is 7.88. The Kier molecular flexibility index (Phi) is 7.20. The molecule has 1 aliphatic heterocycles. The lowest BCUT2D eigenvalue weighted by atomic mass is 9.66. The monoisotopic (exact) mass is 435 g/mol. The molecule has 2 N–H and O–H groups in total. The van der Waals surface area contributed by atoms with Crippen LogP contribution in [0.5, 0.6) is 0 Å². The molecule has 8 nitrogen and oxygen atoms in total. The van der Waals surface area contributed by atoms with Gasteiger partial charge in [-0.2, -0.15) is 12.7 Å². The van der Waals surface area contributed by atoms with Crippen LogP contribution in [0.15, 0.2) is 0 Å². The lowest BCUT2D eigenvalue weighted by Crippen LogP contribution is -2.59. The molecule has 0 spiro atoms. The third kappa shape index (κ3) is 5.28. The second-order valence-corrected chi connectivity index (χ2v) is 10.8. The van der Waals surface area contributed by atoms with Crippen LogP contribution in [0.2, 0.25) is 0 Å². The largest absolute Gasteiger partial charge is 0.391 e. The summed E-state index contributed by atoms with van der Waals surface area (Å²) in [6.45, 7) is 6.26. The number of rotatable bonds is 7. The fourth-order valence-corrected chi connectivity index (χ4v) is 6.48. The zero-order chi connectivity index (χ0) is 21.3. The van der Waals surface area contributed by atoms with Gasteiger partial charge in [-0.25, -0.2) is 9.11 Å². The highest BCUT2D eigenvalue weighted by atomic mass is 32.2. The molecular formula is C19H34FN3O5S. The number of nitrogens with zero attached hydrogens (tertiary/aromatic N) is 2.